The molecular formula is C31H32ClN2O10+. The van der Waals surface area contributed by atoms with Gasteiger partial charge in [-0.05, 0) is 29.8 Å². The minimum absolute atomic E-state index is 0.270. The number of aromatic nitrogens is 2. The molecule has 232 valence electrons. The molecule has 0 unspecified atom stereocenters. The van der Waals surface area contributed by atoms with Crippen LogP contribution in [-0.2, 0) is 49.5 Å². The molecule has 1 fully saturated rings. The summed E-state index contributed by atoms with van der Waals surface area (Å²) in [6, 6.07) is 14.7. The number of imidazole rings is 1. The van der Waals surface area contributed by atoms with E-state index < -0.39 is 54.5 Å². The quantitative estimate of drug-likeness (QED) is 0.187. The molecule has 5 atom stereocenters. The van der Waals surface area contributed by atoms with E-state index in [1.54, 1.807) is 29.4 Å². The molecule has 44 heavy (non-hydrogen) atoms. The molecule has 0 amide bonds. The molecule has 2 heterocycles. The average Bonchev–Trinajstić information content (AvgIpc) is 3.47. The van der Waals surface area contributed by atoms with Gasteiger partial charge in [-0.1, -0.05) is 42.4 Å². The maximum Gasteiger partial charge on any atom is 0.339 e. The fourth-order valence-electron chi connectivity index (χ4n) is 4.77. The normalized spacial score (nSPS) is 21.1. The Hall–Kier alpha value is -4.68. The van der Waals surface area contributed by atoms with E-state index in [4.69, 9.17) is 40.0 Å². The van der Waals surface area contributed by atoms with Crippen LogP contribution in [-0.4, -0.2) is 60.0 Å². The van der Waals surface area contributed by atoms with Crippen LogP contribution in [0.4, 0.5) is 0 Å². The number of carbonyl (C=O) groups is 4. The van der Waals surface area contributed by atoms with Gasteiger partial charge in [0.15, 0.2) is 18.3 Å². The summed E-state index contributed by atoms with van der Waals surface area (Å²) in [6.45, 7) is 7.90. The number of halogens is 1. The number of hydrogen-bond acceptors (Lipinski definition) is 10. The first kappa shape index (κ1) is 32.2. The summed E-state index contributed by atoms with van der Waals surface area (Å²) >= 11 is 6.11. The lowest BCUT2D eigenvalue weighted by molar-refractivity contribution is -0.775. The summed E-state index contributed by atoms with van der Waals surface area (Å²) in [5.74, 6) is -2.60. The third-order valence-corrected chi connectivity index (χ3v) is 6.83. The second kappa shape index (κ2) is 14.2. The van der Waals surface area contributed by atoms with E-state index in [2.05, 4.69) is 6.58 Å². The highest BCUT2D eigenvalue weighted by Gasteiger charge is 2.57. The standard InChI is InChI=1S/C31H32ClN2O10/c1-18(24-11-6-7-12-25(24)40-16-22-9-8-10-23(32)15-22)33-13-14-34(17-33)30-28(43-21(4)37)26(41-19(2)35)27(42-20(3)36)29(44-30)31(38)39-5/h6-15,17,26-30H,1,16H2,2-5H3/q+1/t26-,27-,28+,29-,30+/m0/s1. The molecule has 4 rings (SSSR count). The fourth-order valence-corrected chi connectivity index (χ4v) is 4.99. The van der Waals surface area contributed by atoms with Crippen molar-refractivity contribution in [2.75, 3.05) is 7.11 Å². The SMILES string of the molecule is C=C(c1ccccc1OCc1cccc(Cl)c1)n1cc[n+]([C@@H]2O[C@H](C(=O)OC)[C@@H](OC(C)=O)[C@H](OC(C)=O)[C@H]2OC(C)=O)c1. The molecule has 13 heteroatoms. The Morgan fingerprint density at radius 3 is 2.25 bits per heavy atom. The first-order chi connectivity index (χ1) is 21.0. The highest BCUT2D eigenvalue weighted by molar-refractivity contribution is 6.30. The first-order valence-corrected chi connectivity index (χ1v) is 13.9. The fraction of sp³-hybridized carbons (Fsp3) is 0.323. The third kappa shape index (κ3) is 7.63. The summed E-state index contributed by atoms with van der Waals surface area (Å²) in [7, 11) is 1.13. The zero-order valence-corrected chi connectivity index (χ0v) is 25.3. The van der Waals surface area contributed by atoms with Crippen LogP contribution in [0.15, 0.2) is 73.8 Å². The minimum Gasteiger partial charge on any atom is -0.488 e. The molecule has 0 aliphatic carbocycles. The molecule has 0 bridgehead atoms. The Bertz CT molecular complexity index is 1550. The van der Waals surface area contributed by atoms with E-state index in [1.165, 1.54) is 4.57 Å². The smallest absolute Gasteiger partial charge is 0.339 e. The van der Waals surface area contributed by atoms with Crippen molar-refractivity contribution < 1.29 is 52.2 Å². The van der Waals surface area contributed by atoms with Crippen molar-refractivity contribution in [2.24, 2.45) is 0 Å². The number of ether oxygens (including phenoxy) is 6. The van der Waals surface area contributed by atoms with E-state index in [0.717, 1.165) is 33.4 Å². The van der Waals surface area contributed by atoms with Gasteiger partial charge in [0, 0.05) is 25.8 Å². The van der Waals surface area contributed by atoms with Crippen molar-refractivity contribution in [3.63, 3.8) is 0 Å². The van der Waals surface area contributed by atoms with Crippen LogP contribution in [0.3, 0.4) is 0 Å². The Kier molecular flexibility index (Phi) is 10.4. The van der Waals surface area contributed by atoms with Crippen LogP contribution in [0, 0.1) is 0 Å². The molecule has 0 saturated carbocycles. The summed E-state index contributed by atoms with van der Waals surface area (Å²) in [5, 5.41) is 0.599. The Balaban J connectivity index is 1.67. The predicted octanol–water partition coefficient (Wildman–Crippen LogP) is 3.39. The summed E-state index contributed by atoms with van der Waals surface area (Å²) < 4.78 is 36.5. The monoisotopic (exact) mass is 627 g/mol. The second-order valence-electron chi connectivity index (χ2n) is 9.82. The van der Waals surface area contributed by atoms with Crippen molar-refractivity contribution in [1.29, 1.82) is 0 Å². The number of esters is 4. The zero-order valence-electron chi connectivity index (χ0n) is 24.5. The highest BCUT2D eigenvalue weighted by atomic mass is 35.5. The van der Waals surface area contributed by atoms with Crippen LogP contribution in [0.2, 0.25) is 5.02 Å². The Morgan fingerprint density at radius 2 is 1.59 bits per heavy atom. The van der Waals surface area contributed by atoms with Gasteiger partial charge in [0.25, 0.3) is 6.33 Å². The number of benzene rings is 2. The van der Waals surface area contributed by atoms with Gasteiger partial charge >= 0.3 is 23.9 Å². The van der Waals surface area contributed by atoms with E-state index in [-0.39, 0.29) is 6.61 Å². The van der Waals surface area contributed by atoms with Crippen LogP contribution in [0.5, 0.6) is 5.75 Å². The lowest BCUT2D eigenvalue weighted by Crippen LogP contribution is -2.66. The number of nitrogens with zero attached hydrogens (tertiary/aromatic N) is 2. The minimum atomic E-state index is -1.52. The summed E-state index contributed by atoms with van der Waals surface area (Å²) in [5.41, 5.74) is 2.08. The highest BCUT2D eigenvalue weighted by Crippen LogP contribution is 2.33. The zero-order chi connectivity index (χ0) is 32.0. The maximum atomic E-state index is 12.8. The van der Waals surface area contributed by atoms with E-state index in [1.807, 2.05) is 42.5 Å². The van der Waals surface area contributed by atoms with Crippen molar-refractivity contribution in [3.8, 4) is 5.75 Å². The maximum absolute atomic E-state index is 12.8. The third-order valence-electron chi connectivity index (χ3n) is 6.60. The van der Waals surface area contributed by atoms with E-state index in [0.29, 0.717) is 22.0 Å². The largest absolute Gasteiger partial charge is 0.488 e. The van der Waals surface area contributed by atoms with Gasteiger partial charge in [0.1, 0.15) is 30.4 Å². The number of rotatable bonds is 10. The van der Waals surface area contributed by atoms with Crippen molar-refractivity contribution >= 4 is 41.2 Å². The van der Waals surface area contributed by atoms with Gasteiger partial charge in [-0.25, -0.2) is 13.9 Å². The van der Waals surface area contributed by atoms with Gasteiger partial charge in [0.2, 0.25) is 12.3 Å². The molecule has 0 N–H and O–H groups in total. The van der Waals surface area contributed by atoms with Gasteiger partial charge in [-0.2, -0.15) is 0 Å². The van der Waals surface area contributed by atoms with E-state index in [9.17, 15) is 19.2 Å². The number of hydrogen-bond donors (Lipinski definition) is 0. The molecule has 1 saturated heterocycles. The Labute approximate surface area is 258 Å². The molecular weight excluding hydrogens is 596 g/mol. The average molecular weight is 628 g/mol. The predicted molar refractivity (Wildman–Crippen MR) is 154 cm³/mol. The van der Waals surface area contributed by atoms with Gasteiger partial charge in [-0.15, -0.1) is 0 Å². The molecule has 3 aromatic rings. The lowest BCUT2D eigenvalue weighted by Gasteiger charge is -2.41. The summed E-state index contributed by atoms with van der Waals surface area (Å²) in [6.07, 6.45) is -2.11. The molecule has 2 aromatic carbocycles. The number of methoxy groups -OCH3 is 1. The molecule has 0 radical (unpaired) electrons. The molecule has 1 aliphatic heterocycles. The number of carbonyl (C=O) groups excluding carboxylic acids is 4. The molecule has 12 nitrogen and oxygen atoms in total. The van der Waals surface area contributed by atoms with Gasteiger partial charge in [-0.3, -0.25) is 14.4 Å². The number of para-hydroxylation sites is 1. The molecule has 1 aliphatic rings. The molecule has 0 spiro atoms. The van der Waals surface area contributed by atoms with Crippen molar-refractivity contribution in [1.82, 2.24) is 4.57 Å². The topological polar surface area (TPSA) is 132 Å². The van der Waals surface area contributed by atoms with E-state index >= 15 is 0 Å². The van der Waals surface area contributed by atoms with Crippen LogP contribution < -0.4 is 9.30 Å². The van der Waals surface area contributed by atoms with Crippen molar-refractivity contribution in [3.05, 3.63) is 90.0 Å². The van der Waals surface area contributed by atoms with Crippen LogP contribution >= 0.6 is 11.6 Å². The van der Waals surface area contributed by atoms with Crippen LogP contribution in [0.25, 0.3) is 5.70 Å². The molecule has 1 aromatic heterocycles. The van der Waals surface area contributed by atoms with Gasteiger partial charge in [0.05, 0.1) is 12.7 Å². The Morgan fingerprint density at radius 1 is 0.932 bits per heavy atom. The van der Waals surface area contributed by atoms with Crippen molar-refractivity contribution in [2.45, 2.75) is 58.0 Å². The second-order valence-corrected chi connectivity index (χ2v) is 10.3. The first-order valence-electron chi connectivity index (χ1n) is 13.5. The lowest BCUT2D eigenvalue weighted by atomic mass is 9.96. The van der Waals surface area contributed by atoms with Crippen LogP contribution in [0.1, 0.15) is 38.1 Å². The summed E-state index contributed by atoms with van der Waals surface area (Å²) in [4.78, 5) is 49.0. The van der Waals surface area contributed by atoms with Gasteiger partial charge < -0.3 is 28.4 Å².